The Balaban J connectivity index is 1.65. The second-order valence-electron chi connectivity index (χ2n) is 5.44. The molecule has 1 fully saturated rings. The molecular formula is C17H19N3O2. The summed E-state index contributed by atoms with van der Waals surface area (Å²) < 4.78 is 5.91. The molecule has 5 heteroatoms. The SMILES string of the molecule is Cc1nccc(O[C@@H]2CCCN(C(=O)c3ccccc3)C2)n1. The minimum Gasteiger partial charge on any atom is -0.472 e. The number of rotatable bonds is 3. The van der Waals surface area contributed by atoms with Crippen molar-refractivity contribution in [1.29, 1.82) is 0 Å². The van der Waals surface area contributed by atoms with Crippen LogP contribution < -0.4 is 4.74 Å². The van der Waals surface area contributed by atoms with Gasteiger partial charge in [0.25, 0.3) is 5.91 Å². The lowest BCUT2D eigenvalue weighted by atomic mass is 10.1. The Morgan fingerprint density at radius 3 is 2.86 bits per heavy atom. The van der Waals surface area contributed by atoms with Crippen molar-refractivity contribution in [3.8, 4) is 5.88 Å². The average molecular weight is 297 g/mol. The minimum atomic E-state index is -0.0179. The first-order valence-corrected chi connectivity index (χ1v) is 7.53. The summed E-state index contributed by atoms with van der Waals surface area (Å²) in [6.45, 7) is 3.20. The number of carbonyl (C=O) groups excluding carboxylic acids is 1. The number of aromatic nitrogens is 2. The van der Waals surface area contributed by atoms with Gasteiger partial charge in [-0.1, -0.05) is 18.2 Å². The van der Waals surface area contributed by atoms with Crippen molar-refractivity contribution in [3.63, 3.8) is 0 Å². The van der Waals surface area contributed by atoms with E-state index in [0.717, 1.165) is 24.9 Å². The molecule has 1 aromatic heterocycles. The van der Waals surface area contributed by atoms with Crippen molar-refractivity contribution in [2.24, 2.45) is 0 Å². The van der Waals surface area contributed by atoms with Gasteiger partial charge >= 0.3 is 0 Å². The van der Waals surface area contributed by atoms with Gasteiger partial charge in [-0.25, -0.2) is 4.98 Å². The standard InChI is InChI=1S/C17H19N3O2/c1-13-18-10-9-16(19-13)22-15-8-5-11-20(12-15)17(21)14-6-3-2-4-7-14/h2-4,6-7,9-10,15H,5,8,11-12H2,1H3/t15-/m1/s1. The molecule has 0 aliphatic carbocycles. The predicted octanol–water partition coefficient (Wildman–Crippen LogP) is 2.47. The highest BCUT2D eigenvalue weighted by Gasteiger charge is 2.25. The first-order valence-electron chi connectivity index (χ1n) is 7.53. The first kappa shape index (κ1) is 14.5. The van der Waals surface area contributed by atoms with E-state index in [-0.39, 0.29) is 12.0 Å². The van der Waals surface area contributed by atoms with Crippen molar-refractivity contribution in [1.82, 2.24) is 14.9 Å². The average Bonchev–Trinajstić information content (AvgIpc) is 2.55. The summed E-state index contributed by atoms with van der Waals surface area (Å²) in [5, 5.41) is 0. The van der Waals surface area contributed by atoms with Gasteiger partial charge in [0.1, 0.15) is 11.9 Å². The van der Waals surface area contributed by atoms with Crippen LogP contribution in [0.3, 0.4) is 0 Å². The van der Waals surface area contributed by atoms with E-state index >= 15 is 0 Å². The van der Waals surface area contributed by atoms with Gasteiger partial charge in [-0.05, 0) is 31.9 Å². The number of carbonyl (C=O) groups is 1. The van der Waals surface area contributed by atoms with Crippen LogP contribution in [0.15, 0.2) is 42.6 Å². The lowest BCUT2D eigenvalue weighted by Crippen LogP contribution is -2.44. The molecule has 1 atom stereocenters. The molecule has 0 N–H and O–H groups in total. The number of amides is 1. The Morgan fingerprint density at radius 1 is 1.27 bits per heavy atom. The van der Waals surface area contributed by atoms with Gasteiger partial charge in [0.15, 0.2) is 0 Å². The molecule has 1 aromatic carbocycles. The maximum absolute atomic E-state index is 12.5. The number of hydrogen-bond acceptors (Lipinski definition) is 4. The van der Waals surface area contributed by atoms with Gasteiger partial charge in [-0.15, -0.1) is 0 Å². The summed E-state index contributed by atoms with van der Waals surface area (Å²) >= 11 is 0. The number of hydrogen-bond donors (Lipinski definition) is 0. The molecule has 2 heterocycles. The van der Waals surface area contributed by atoms with Crippen LogP contribution in [-0.2, 0) is 0 Å². The van der Waals surface area contributed by atoms with Gasteiger partial charge in [0.05, 0.1) is 6.54 Å². The number of benzene rings is 1. The molecule has 2 aromatic rings. The van der Waals surface area contributed by atoms with E-state index in [1.807, 2.05) is 42.2 Å². The number of aryl methyl sites for hydroxylation is 1. The molecule has 0 spiro atoms. The largest absolute Gasteiger partial charge is 0.472 e. The highest BCUT2D eigenvalue weighted by Crippen LogP contribution is 2.18. The van der Waals surface area contributed by atoms with E-state index in [0.29, 0.717) is 18.2 Å². The predicted molar refractivity (Wildman–Crippen MR) is 82.8 cm³/mol. The molecule has 3 rings (SSSR count). The minimum absolute atomic E-state index is 0.0179. The highest BCUT2D eigenvalue weighted by molar-refractivity contribution is 5.94. The summed E-state index contributed by atoms with van der Waals surface area (Å²) in [5.74, 6) is 1.32. The smallest absolute Gasteiger partial charge is 0.253 e. The summed E-state index contributed by atoms with van der Waals surface area (Å²) in [6, 6.07) is 11.1. The monoisotopic (exact) mass is 297 g/mol. The van der Waals surface area contributed by atoms with E-state index in [1.165, 1.54) is 0 Å². The number of piperidine rings is 1. The Kier molecular flexibility index (Phi) is 4.32. The van der Waals surface area contributed by atoms with E-state index in [1.54, 1.807) is 12.3 Å². The molecular weight excluding hydrogens is 278 g/mol. The normalized spacial score (nSPS) is 18.0. The quantitative estimate of drug-likeness (QED) is 0.873. The Morgan fingerprint density at radius 2 is 2.09 bits per heavy atom. The first-order chi connectivity index (χ1) is 10.7. The third-order valence-electron chi connectivity index (χ3n) is 3.72. The molecule has 0 bridgehead atoms. The fraction of sp³-hybridized carbons (Fsp3) is 0.353. The lowest BCUT2D eigenvalue weighted by molar-refractivity contribution is 0.0527. The number of nitrogens with zero attached hydrogens (tertiary/aromatic N) is 3. The van der Waals surface area contributed by atoms with Crippen molar-refractivity contribution < 1.29 is 9.53 Å². The van der Waals surface area contributed by atoms with Crippen LogP contribution in [0.1, 0.15) is 29.0 Å². The van der Waals surface area contributed by atoms with Crippen LogP contribution in [0, 0.1) is 6.92 Å². The van der Waals surface area contributed by atoms with Gasteiger partial charge in [0, 0.05) is 24.4 Å². The molecule has 1 saturated heterocycles. The van der Waals surface area contributed by atoms with Gasteiger partial charge in [0.2, 0.25) is 5.88 Å². The van der Waals surface area contributed by atoms with Crippen molar-refractivity contribution in [3.05, 3.63) is 54.0 Å². The van der Waals surface area contributed by atoms with Gasteiger partial charge in [-0.3, -0.25) is 4.79 Å². The number of ether oxygens (including phenoxy) is 1. The second-order valence-corrected chi connectivity index (χ2v) is 5.44. The van der Waals surface area contributed by atoms with Crippen molar-refractivity contribution in [2.45, 2.75) is 25.9 Å². The van der Waals surface area contributed by atoms with E-state index in [9.17, 15) is 4.79 Å². The fourth-order valence-electron chi connectivity index (χ4n) is 2.65. The molecule has 1 aliphatic rings. The molecule has 5 nitrogen and oxygen atoms in total. The molecule has 1 amide bonds. The summed E-state index contributed by atoms with van der Waals surface area (Å²) in [4.78, 5) is 22.7. The van der Waals surface area contributed by atoms with Crippen LogP contribution >= 0.6 is 0 Å². The van der Waals surface area contributed by atoms with Crippen LogP contribution in [0.2, 0.25) is 0 Å². The van der Waals surface area contributed by atoms with Crippen molar-refractivity contribution in [2.75, 3.05) is 13.1 Å². The molecule has 114 valence electrons. The summed E-state index contributed by atoms with van der Waals surface area (Å²) in [6.07, 6.45) is 3.54. The Hall–Kier alpha value is -2.43. The van der Waals surface area contributed by atoms with Crippen LogP contribution in [0.5, 0.6) is 5.88 Å². The summed E-state index contributed by atoms with van der Waals surface area (Å²) in [5.41, 5.74) is 0.723. The van der Waals surface area contributed by atoms with E-state index < -0.39 is 0 Å². The van der Waals surface area contributed by atoms with Crippen molar-refractivity contribution >= 4 is 5.91 Å². The second kappa shape index (κ2) is 6.56. The Labute approximate surface area is 130 Å². The zero-order valence-corrected chi connectivity index (χ0v) is 12.6. The third kappa shape index (κ3) is 3.42. The van der Waals surface area contributed by atoms with Crippen LogP contribution in [0.25, 0.3) is 0 Å². The summed E-state index contributed by atoms with van der Waals surface area (Å²) in [7, 11) is 0. The zero-order chi connectivity index (χ0) is 15.4. The zero-order valence-electron chi connectivity index (χ0n) is 12.6. The molecule has 22 heavy (non-hydrogen) atoms. The fourth-order valence-corrected chi connectivity index (χ4v) is 2.65. The van der Waals surface area contributed by atoms with Crippen LogP contribution in [-0.4, -0.2) is 40.0 Å². The topological polar surface area (TPSA) is 55.3 Å². The van der Waals surface area contributed by atoms with Crippen LogP contribution in [0.4, 0.5) is 0 Å². The number of likely N-dealkylation sites (tertiary alicyclic amines) is 1. The molecule has 0 saturated carbocycles. The molecule has 1 aliphatic heterocycles. The highest BCUT2D eigenvalue weighted by atomic mass is 16.5. The maximum Gasteiger partial charge on any atom is 0.253 e. The van der Waals surface area contributed by atoms with E-state index in [4.69, 9.17) is 4.74 Å². The van der Waals surface area contributed by atoms with Gasteiger partial charge < -0.3 is 9.64 Å². The van der Waals surface area contributed by atoms with E-state index in [2.05, 4.69) is 9.97 Å². The third-order valence-corrected chi connectivity index (χ3v) is 3.72. The maximum atomic E-state index is 12.5. The Bertz CT molecular complexity index is 645. The lowest BCUT2D eigenvalue weighted by Gasteiger charge is -2.32. The van der Waals surface area contributed by atoms with Gasteiger partial charge in [-0.2, -0.15) is 4.98 Å². The molecule has 0 radical (unpaired) electrons. The molecule has 0 unspecified atom stereocenters.